The molecule has 2 fully saturated rings. The van der Waals surface area contributed by atoms with Crippen LogP contribution in [0.15, 0.2) is 0 Å². The monoisotopic (exact) mass is 296 g/mol. The zero-order valence-corrected chi connectivity index (χ0v) is 13.9. The van der Waals surface area contributed by atoms with E-state index in [1.807, 2.05) is 0 Å². The maximum atomic E-state index is 12.4. The Morgan fingerprint density at radius 3 is 2.67 bits per heavy atom. The van der Waals surface area contributed by atoms with Crippen molar-refractivity contribution in [2.24, 2.45) is 28.9 Å². The molecule has 0 aromatic heterocycles. The second kappa shape index (κ2) is 7.10. The Hall–Kier alpha value is -0.610. The van der Waals surface area contributed by atoms with Gasteiger partial charge in [0.2, 0.25) is 5.91 Å². The highest BCUT2D eigenvalue weighted by Crippen LogP contribution is 2.44. The van der Waals surface area contributed by atoms with Crippen molar-refractivity contribution >= 4 is 5.91 Å². The van der Waals surface area contributed by atoms with E-state index >= 15 is 0 Å². The average molecular weight is 296 g/mol. The van der Waals surface area contributed by atoms with Crippen molar-refractivity contribution < 1.29 is 9.53 Å². The zero-order chi connectivity index (χ0) is 15.5. The Bertz CT molecular complexity index is 353. The lowest BCUT2D eigenvalue weighted by atomic mass is 9.61. The van der Waals surface area contributed by atoms with Crippen molar-refractivity contribution in [2.75, 3.05) is 19.8 Å². The summed E-state index contributed by atoms with van der Waals surface area (Å²) in [4.78, 5) is 12.4. The predicted molar refractivity (Wildman–Crippen MR) is 84.8 cm³/mol. The van der Waals surface area contributed by atoms with Crippen molar-refractivity contribution in [3.63, 3.8) is 0 Å². The summed E-state index contributed by atoms with van der Waals surface area (Å²) in [6.07, 6.45) is 5.41. The van der Waals surface area contributed by atoms with Crippen LogP contribution in [0.3, 0.4) is 0 Å². The molecule has 4 heteroatoms. The van der Waals surface area contributed by atoms with Crippen molar-refractivity contribution in [2.45, 2.75) is 58.9 Å². The molecule has 0 saturated heterocycles. The number of carbonyl (C=O) groups excluding carboxylic acids is 1. The van der Waals surface area contributed by atoms with Crippen LogP contribution >= 0.6 is 0 Å². The van der Waals surface area contributed by atoms with Gasteiger partial charge in [-0.2, -0.15) is 0 Å². The number of hydrogen-bond donors (Lipinski definition) is 2. The Kier molecular flexibility index (Phi) is 5.67. The lowest BCUT2D eigenvalue weighted by Gasteiger charge is -2.46. The van der Waals surface area contributed by atoms with Crippen LogP contribution in [-0.4, -0.2) is 31.7 Å². The second-order valence-corrected chi connectivity index (χ2v) is 7.57. The molecular weight excluding hydrogens is 264 g/mol. The summed E-state index contributed by atoms with van der Waals surface area (Å²) in [5, 5.41) is 3.09. The van der Waals surface area contributed by atoms with E-state index in [4.69, 9.17) is 10.5 Å². The lowest BCUT2D eigenvalue weighted by molar-refractivity contribution is -0.132. The molecule has 2 rings (SSSR count). The summed E-state index contributed by atoms with van der Waals surface area (Å²) in [5.41, 5.74) is 6.13. The highest BCUT2D eigenvalue weighted by atomic mass is 16.5. The van der Waals surface area contributed by atoms with E-state index in [9.17, 15) is 4.79 Å². The fraction of sp³-hybridized carbons (Fsp3) is 0.941. The van der Waals surface area contributed by atoms with Gasteiger partial charge in [0.1, 0.15) is 0 Å². The Labute approximate surface area is 129 Å². The molecule has 21 heavy (non-hydrogen) atoms. The standard InChI is InChI=1S/C17H32N2O2/c1-12-15(18)8-7-14(17(12,2)3)16(20)19-9-4-10-21-11-13-5-6-13/h12-15H,4-11,18H2,1-3H3,(H,19,20). The van der Waals surface area contributed by atoms with Gasteiger partial charge >= 0.3 is 0 Å². The minimum absolute atomic E-state index is 0.0236. The van der Waals surface area contributed by atoms with E-state index in [1.165, 1.54) is 12.8 Å². The molecule has 2 aliphatic rings. The first-order chi connectivity index (χ1) is 9.93. The van der Waals surface area contributed by atoms with E-state index < -0.39 is 0 Å². The minimum Gasteiger partial charge on any atom is -0.381 e. The fourth-order valence-corrected chi connectivity index (χ4v) is 3.36. The molecule has 0 aromatic carbocycles. The van der Waals surface area contributed by atoms with Crippen molar-refractivity contribution in [3.8, 4) is 0 Å². The lowest BCUT2D eigenvalue weighted by Crippen LogP contribution is -2.51. The molecule has 0 aromatic rings. The van der Waals surface area contributed by atoms with Gasteiger partial charge in [-0.05, 0) is 49.4 Å². The summed E-state index contributed by atoms with van der Waals surface area (Å²) >= 11 is 0. The van der Waals surface area contributed by atoms with Gasteiger partial charge in [-0.1, -0.05) is 20.8 Å². The van der Waals surface area contributed by atoms with E-state index in [-0.39, 0.29) is 23.3 Å². The van der Waals surface area contributed by atoms with Crippen molar-refractivity contribution in [1.29, 1.82) is 0 Å². The maximum absolute atomic E-state index is 12.4. The molecule has 0 aliphatic heterocycles. The Balaban J connectivity index is 1.66. The van der Waals surface area contributed by atoms with E-state index in [2.05, 4.69) is 26.1 Å². The van der Waals surface area contributed by atoms with Crippen LogP contribution in [0, 0.1) is 23.2 Å². The highest BCUT2D eigenvalue weighted by molar-refractivity contribution is 5.79. The zero-order valence-electron chi connectivity index (χ0n) is 13.9. The van der Waals surface area contributed by atoms with Gasteiger partial charge in [0.05, 0.1) is 0 Å². The molecule has 3 N–H and O–H groups in total. The molecule has 2 aliphatic carbocycles. The number of nitrogens with one attached hydrogen (secondary N) is 1. The topological polar surface area (TPSA) is 64.4 Å². The van der Waals surface area contributed by atoms with E-state index in [0.717, 1.165) is 44.9 Å². The summed E-state index contributed by atoms with van der Waals surface area (Å²) in [6, 6.07) is 0.222. The van der Waals surface area contributed by atoms with Gasteiger partial charge in [-0.3, -0.25) is 4.79 Å². The van der Waals surface area contributed by atoms with Crippen LogP contribution in [-0.2, 0) is 9.53 Å². The summed E-state index contributed by atoms with van der Waals surface area (Å²) in [6.45, 7) is 8.91. The summed E-state index contributed by atoms with van der Waals surface area (Å²) in [5.74, 6) is 1.47. The van der Waals surface area contributed by atoms with Crippen LogP contribution in [0.4, 0.5) is 0 Å². The van der Waals surface area contributed by atoms with Gasteiger partial charge in [0.25, 0.3) is 0 Å². The highest BCUT2D eigenvalue weighted by Gasteiger charge is 2.44. The molecule has 0 bridgehead atoms. The first-order valence-electron chi connectivity index (χ1n) is 8.54. The Morgan fingerprint density at radius 2 is 2.00 bits per heavy atom. The molecule has 3 unspecified atom stereocenters. The molecule has 3 atom stereocenters. The molecular formula is C17H32N2O2. The number of ether oxygens (including phenoxy) is 1. The molecule has 4 nitrogen and oxygen atoms in total. The van der Waals surface area contributed by atoms with Crippen LogP contribution < -0.4 is 11.1 Å². The fourth-order valence-electron chi connectivity index (χ4n) is 3.36. The second-order valence-electron chi connectivity index (χ2n) is 7.57. The van der Waals surface area contributed by atoms with E-state index in [0.29, 0.717) is 5.92 Å². The van der Waals surface area contributed by atoms with Gasteiger partial charge in [0, 0.05) is 31.7 Å². The third-order valence-electron chi connectivity index (χ3n) is 5.63. The summed E-state index contributed by atoms with van der Waals surface area (Å²) < 4.78 is 5.59. The molecule has 1 amide bonds. The summed E-state index contributed by atoms with van der Waals surface area (Å²) in [7, 11) is 0. The molecule has 2 saturated carbocycles. The Morgan fingerprint density at radius 1 is 1.29 bits per heavy atom. The van der Waals surface area contributed by atoms with Crippen molar-refractivity contribution in [1.82, 2.24) is 5.32 Å². The maximum Gasteiger partial charge on any atom is 0.223 e. The van der Waals surface area contributed by atoms with Gasteiger partial charge in [0.15, 0.2) is 0 Å². The largest absolute Gasteiger partial charge is 0.381 e. The van der Waals surface area contributed by atoms with Crippen molar-refractivity contribution in [3.05, 3.63) is 0 Å². The number of nitrogens with two attached hydrogens (primary N) is 1. The third kappa shape index (κ3) is 4.43. The van der Waals surface area contributed by atoms with Crippen LogP contribution in [0.2, 0.25) is 0 Å². The minimum atomic E-state index is -0.0236. The van der Waals surface area contributed by atoms with E-state index in [1.54, 1.807) is 0 Å². The quantitative estimate of drug-likeness (QED) is 0.709. The predicted octanol–water partition coefficient (Wildman–Crippen LogP) is 2.32. The van der Waals surface area contributed by atoms with Gasteiger partial charge in [-0.15, -0.1) is 0 Å². The SMILES string of the molecule is CC1C(N)CCC(C(=O)NCCCOCC2CC2)C1(C)C. The number of hydrogen-bond acceptors (Lipinski definition) is 3. The first-order valence-corrected chi connectivity index (χ1v) is 8.54. The average Bonchev–Trinajstić information content (AvgIpc) is 3.24. The van der Waals surface area contributed by atoms with Gasteiger partial charge < -0.3 is 15.8 Å². The normalized spacial score (nSPS) is 31.9. The number of rotatable bonds is 7. The third-order valence-corrected chi connectivity index (χ3v) is 5.63. The number of carbonyl (C=O) groups is 1. The van der Waals surface area contributed by atoms with Gasteiger partial charge in [-0.25, -0.2) is 0 Å². The van der Waals surface area contributed by atoms with Crippen LogP contribution in [0.5, 0.6) is 0 Å². The molecule has 0 heterocycles. The molecule has 0 spiro atoms. The molecule has 122 valence electrons. The number of amides is 1. The van der Waals surface area contributed by atoms with Crippen LogP contribution in [0.1, 0.15) is 52.9 Å². The molecule has 0 radical (unpaired) electrons. The van der Waals surface area contributed by atoms with Crippen LogP contribution in [0.25, 0.3) is 0 Å². The first kappa shape index (κ1) is 16.8. The smallest absolute Gasteiger partial charge is 0.223 e.